The zero-order valence-electron chi connectivity index (χ0n) is 9.75. The van der Waals surface area contributed by atoms with E-state index in [-0.39, 0.29) is 0 Å². The maximum atomic E-state index is 12.6. The van der Waals surface area contributed by atoms with Gasteiger partial charge in [0.25, 0.3) is 5.91 Å². The Hall–Kier alpha value is -1.24. The average molecular weight is 278 g/mol. The zero-order valence-corrected chi connectivity index (χ0v) is 10.6. The Morgan fingerprint density at radius 1 is 1.50 bits per heavy atom. The fourth-order valence-corrected chi connectivity index (χ4v) is 1.98. The van der Waals surface area contributed by atoms with Crippen molar-refractivity contribution in [3.05, 3.63) is 29.6 Å². The highest BCUT2D eigenvalue weighted by Gasteiger charge is 2.36. The molecule has 0 atom stereocenters. The van der Waals surface area contributed by atoms with E-state index >= 15 is 0 Å². The van der Waals surface area contributed by atoms with E-state index in [1.807, 2.05) is 6.92 Å². The fourth-order valence-electron chi connectivity index (χ4n) is 1.20. The van der Waals surface area contributed by atoms with E-state index in [4.69, 9.17) is 0 Å². The Labute approximate surface area is 107 Å². The molecule has 0 saturated carbocycles. The molecule has 1 aromatic rings. The van der Waals surface area contributed by atoms with E-state index in [0.717, 1.165) is 37.1 Å². The molecule has 0 bridgehead atoms. The van der Waals surface area contributed by atoms with Crippen LogP contribution in [0.3, 0.4) is 0 Å². The number of carbonyl (C=O) groups is 1. The van der Waals surface area contributed by atoms with Crippen LogP contribution in [-0.4, -0.2) is 16.6 Å². The zero-order chi connectivity index (χ0) is 13.6. The number of alkyl halides is 3. The number of hydrogen-bond donors (Lipinski definition) is 1. The third-order valence-electron chi connectivity index (χ3n) is 2.09. The van der Waals surface area contributed by atoms with Crippen molar-refractivity contribution in [2.24, 2.45) is 0 Å². The van der Waals surface area contributed by atoms with E-state index < -0.39 is 23.3 Å². The molecule has 0 unspecified atom stereocenters. The number of hydrogen-bond acceptors (Lipinski definition) is 3. The van der Waals surface area contributed by atoms with Gasteiger partial charge < -0.3 is 0 Å². The molecule has 0 aliphatic rings. The molecular weight excluding hydrogens is 265 g/mol. The first kappa shape index (κ1) is 14.8. The number of amides is 1. The SMILES string of the molecule is CCCCSNC(=O)c1cccnc1C(F)(F)F. The summed E-state index contributed by atoms with van der Waals surface area (Å²) in [5, 5.41) is 0. The highest BCUT2D eigenvalue weighted by atomic mass is 32.2. The average Bonchev–Trinajstić information content (AvgIpc) is 2.33. The van der Waals surface area contributed by atoms with Gasteiger partial charge >= 0.3 is 6.18 Å². The summed E-state index contributed by atoms with van der Waals surface area (Å²) < 4.78 is 40.2. The first-order valence-corrected chi connectivity index (χ1v) is 6.39. The van der Waals surface area contributed by atoms with Crippen LogP contribution < -0.4 is 4.72 Å². The maximum absolute atomic E-state index is 12.6. The van der Waals surface area contributed by atoms with Gasteiger partial charge in [-0.05, 0) is 18.6 Å². The Balaban J connectivity index is 2.74. The molecule has 1 aromatic heterocycles. The Morgan fingerprint density at radius 2 is 2.22 bits per heavy atom. The number of nitrogens with one attached hydrogen (secondary N) is 1. The molecule has 0 fully saturated rings. The monoisotopic (exact) mass is 278 g/mol. The molecule has 18 heavy (non-hydrogen) atoms. The summed E-state index contributed by atoms with van der Waals surface area (Å²) in [6.07, 6.45) is -1.75. The van der Waals surface area contributed by atoms with E-state index in [9.17, 15) is 18.0 Å². The normalized spacial score (nSPS) is 11.3. The molecule has 100 valence electrons. The first-order chi connectivity index (χ1) is 8.46. The quantitative estimate of drug-likeness (QED) is 0.664. The third-order valence-corrected chi connectivity index (χ3v) is 2.91. The smallest absolute Gasteiger partial charge is 0.296 e. The van der Waals surface area contributed by atoms with E-state index in [0.29, 0.717) is 5.75 Å². The van der Waals surface area contributed by atoms with Crippen molar-refractivity contribution >= 4 is 17.9 Å². The van der Waals surface area contributed by atoms with Crippen LogP contribution in [-0.2, 0) is 6.18 Å². The molecule has 7 heteroatoms. The van der Waals surface area contributed by atoms with Crippen molar-refractivity contribution in [3.8, 4) is 0 Å². The summed E-state index contributed by atoms with van der Waals surface area (Å²) in [7, 11) is 0. The summed E-state index contributed by atoms with van der Waals surface area (Å²) in [6.45, 7) is 1.99. The lowest BCUT2D eigenvalue weighted by molar-refractivity contribution is -0.141. The lowest BCUT2D eigenvalue weighted by atomic mass is 10.2. The molecule has 1 heterocycles. The van der Waals surface area contributed by atoms with Crippen LogP contribution in [0.25, 0.3) is 0 Å². The van der Waals surface area contributed by atoms with E-state index in [1.54, 1.807) is 0 Å². The van der Waals surface area contributed by atoms with Crippen molar-refractivity contribution in [1.82, 2.24) is 9.71 Å². The van der Waals surface area contributed by atoms with Crippen molar-refractivity contribution in [1.29, 1.82) is 0 Å². The molecule has 1 N–H and O–H groups in total. The van der Waals surface area contributed by atoms with Gasteiger partial charge in [0.1, 0.15) is 0 Å². The summed E-state index contributed by atoms with van der Waals surface area (Å²) >= 11 is 1.11. The summed E-state index contributed by atoms with van der Waals surface area (Å²) in [6, 6.07) is 2.42. The number of aromatic nitrogens is 1. The summed E-state index contributed by atoms with van der Waals surface area (Å²) in [4.78, 5) is 14.8. The molecule has 0 saturated heterocycles. The lowest BCUT2D eigenvalue weighted by Gasteiger charge is -2.10. The number of pyridine rings is 1. The molecule has 0 radical (unpaired) electrons. The van der Waals surface area contributed by atoms with Crippen LogP contribution >= 0.6 is 11.9 Å². The molecular formula is C11H13F3N2OS. The predicted molar refractivity (Wildman–Crippen MR) is 64.1 cm³/mol. The van der Waals surface area contributed by atoms with Crippen molar-refractivity contribution in [2.45, 2.75) is 25.9 Å². The second-order valence-electron chi connectivity index (χ2n) is 3.53. The number of carbonyl (C=O) groups excluding carboxylic acids is 1. The Bertz CT molecular complexity index is 410. The summed E-state index contributed by atoms with van der Waals surface area (Å²) in [5.74, 6) is -0.0966. The third kappa shape index (κ3) is 4.21. The van der Waals surface area contributed by atoms with Gasteiger partial charge in [-0.1, -0.05) is 25.3 Å². The Kier molecular flexibility index (Phi) is 5.46. The highest BCUT2D eigenvalue weighted by molar-refractivity contribution is 7.97. The van der Waals surface area contributed by atoms with Gasteiger partial charge in [0.05, 0.1) is 5.56 Å². The summed E-state index contributed by atoms with van der Waals surface area (Å²) in [5.41, 5.74) is -1.60. The van der Waals surface area contributed by atoms with Crippen molar-refractivity contribution < 1.29 is 18.0 Å². The van der Waals surface area contributed by atoms with Crippen LogP contribution in [0.2, 0.25) is 0 Å². The van der Waals surface area contributed by atoms with Gasteiger partial charge in [0.2, 0.25) is 0 Å². The Morgan fingerprint density at radius 3 is 2.83 bits per heavy atom. The molecule has 3 nitrogen and oxygen atoms in total. The fraction of sp³-hybridized carbons (Fsp3) is 0.455. The number of nitrogens with zero attached hydrogens (tertiary/aromatic N) is 1. The second-order valence-corrected chi connectivity index (χ2v) is 4.43. The topological polar surface area (TPSA) is 42.0 Å². The van der Waals surface area contributed by atoms with Gasteiger partial charge in [-0.25, -0.2) is 0 Å². The minimum absolute atomic E-state index is 0.450. The molecule has 0 aromatic carbocycles. The van der Waals surface area contributed by atoms with Crippen LogP contribution in [0.1, 0.15) is 35.8 Å². The lowest BCUT2D eigenvalue weighted by Crippen LogP contribution is -2.22. The standard InChI is InChI=1S/C11H13F3N2OS/c1-2-3-7-18-16-10(17)8-5-4-6-15-9(8)11(12,13)14/h4-6H,2-3,7H2,1H3,(H,16,17). The molecule has 1 rings (SSSR count). The van der Waals surface area contributed by atoms with Gasteiger partial charge in [-0.15, -0.1) is 0 Å². The van der Waals surface area contributed by atoms with Crippen molar-refractivity contribution in [3.63, 3.8) is 0 Å². The molecule has 0 spiro atoms. The maximum Gasteiger partial charge on any atom is 0.434 e. The van der Waals surface area contributed by atoms with E-state index in [2.05, 4.69) is 9.71 Å². The first-order valence-electron chi connectivity index (χ1n) is 5.41. The van der Waals surface area contributed by atoms with Gasteiger partial charge in [0, 0.05) is 11.9 Å². The number of unbranched alkanes of at least 4 members (excludes halogenated alkanes) is 1. The van der Waals surface area contributed by atoms with Gasteiger partial charge in [0.15, 0.2) is 5.69 Å². The van der Waals surface area contributed by atoms with Crippen LogP contribution in [0.4, 0.5) is 13.2 Å². The predicted octanol–water partition coefficient (Wildman–Crippen LogP) is 3.28. The minimum atomic E-state index is -4.62. The van der Waals surface area contributed by atoms with Crippen molar-refractivity contribution in [2.75, 3.05) is 5.75 Å². The van der Waals surface area contributed by atoms with Crippen LogP contribution in [0, 0.1) is 0 Å². The molecule has 1 amide bonds. The van der Waals surface area contributed by atoms with Gasteiger partial charge in [-0.3, -0.25) is 14.5 Å². The van der Waals surface area contributed by atoms with Crippen LogP contribution in [0.5, 0.6) is 0 Å². The number of halogens is 3. The number of rotatable bonds is 5. The van der Waals surface area contributed by atoms with Gasteiger partial charge in [-0.2, -0.15) is 13.2 Å². The van der Waals surface area contributed by atoms with Crippen LogP contribution in [0.15, 0.2) is 18.3 Å². The highest BCUT2D eigenvalue weighted by Crippen LogP contribution is 2.30. The second kappa shape index (κ2) is 6.63. The molecule has 0 aliphatic carbocycles. The van der Waals surface area contributed by atoms with E-state index in [1.165, 1.54) is 6.07 Å². The largest absolute Gasteiger partial charge is 0.434 e. The molecule has 0 aliphatic heterocycles. The minimum Gasteiger partial charge on any atom is -0.296 e.